The number of benzene rings is 1. The predicted octanol–water partition coefficient (Wildman–Crippen LogP) is 3.02. The lowest BCUT2D eigenvalue weighted by atomic mass is 10.0. The van der Waals surface area contributed by atoms with Crippen LogP contribution in [0.25, 0.3) is 0 Å². The van der Waals surface area contributed by atoms with Gasteiger partial charge in [0.1, 0.15) is 5.82 Å². The molecule has 104 valence electrons. The third kappa shape index (κ3) is 2.79. The van der Waals surface area contributed by atoms with Gasteiger partial charge in [-0.05, 0) is 37.6 Å². The van der Waals surface area contributed by atoms with E-state index in [-0.39, 0.29) is 5.91 Å². The van der Waals surface area contributed by atoms with Crippen LogP contribution in [0.2, 0.25) is 0 Å². The number of nitrogens with zero attached hydrogens (tertiary/aromatic N) is 2. The molecule has 1 amide bonds. The van der Waals surface area contributed by atoms with Gasteiger partial charge in [-0.25, -0.2) is 4.98 Å². The first-order valence-corrected chi connectivity index (χ1v) is 6.52. The molecule has 4 heteroatoms. The standard InChI is InChI=1S/C16H19N3O/c1-11-5-7-14(12(2)9-11)16(20)19(4)13-6-8-15(17-3)18-10-13/h5-10H,1-4H3,(H,17,18). The number of hydrogen-bond acceptors (Lipinski definition) is 3. The van der Waals surface area contributed by atoms with Crippen LogP contribution in [-0.2, 0) is 0 Å². The molecule has 0 aliphatic rings. The van der Waals surface area contributed by atoms with Gasteiger partial charge in [-0.3, -0.25) is 4.79 Å². The molecular weight excluding hydrogens is 250 g/mol. The van der Waals surface area contributed by atoms with Crippen molar-refractivity contribution in [1.82, 2.24) is 4.98 Å². The lowest BCUT2D eigenvalue weighted by Crippen LogP contribution is -2.27. The number of aryl methyl sites for hydroxylation is 2. The van der Waals surface area contributed by atoms with Crippen LogP contribution >= 0.6 is 0 Å². The van der Waals surface area contributed by atoms with E-state index in [1.807, 2.05) is 51.2 Å². The number of aromatic nitrogens is 1. The Morgan fingerprint density at radius 1 is 1.20 bits per heavy atom. The van der Waals surface area contributed by atoms with E-state index in [4.69, 9.17) is 0 Å². The number of carbonyl (C=O) groups excluding carboxylic acids is 1. The first-order chi connectivity index (χ1) is 9.52. The number of anilines is 2. The zero-order chi connectivity index (χ0) is 14.7. The van der Waals surface area contributed by atoms with Crippen LogP contribution in [0.1, 0.15) is 21.5 Å². The molecule has 0 bridgehead atoms. The van der Waals surface area contributed by atoms with Crippen molar-refractivity contribution in [2.75, 3.05) is 24.3 Å². The van der Waals surface area contributed by atoms with Crippen molar-refractivity contribution in [3.8, 4) is 0 Å². The quantitative estimate of drug-likeness (QED) is 0.931. The summed E-state index contributed by atoms with van der Waals surface area (Å²) in [5.74, 6) is 0.752. The largest absolute Gasteiger partial charge is 0.373 e. The molecule has 2 rings (SSSR count). The third-order valence-corrected chi connectivity index (χ3v) is 3.31. The smallest absolute Gasteiger partial charge is 0.258 e. The molecule has 20 heavy (non-hydrogen) atoms. The van der Waals surface area contributed by atoms with E-state index in [1.54, 1.807) is 18.1 Å². The van der Waals surface area contributed by atoms with Crippen LogP contribution in [0.4, 0.5) is 11.5 Å². The van der Waals surface area contributed by atoms with Gasteiger partial charge in [0.15, 0.2) is 0 Å². The second-order valence-electron chi connectivity index (χ2n) is 4.83. The number of hydrogen-bond donors (Lipinski definition) is 1. The van der Waals surface area contributed by atoms with Crippen LogP contribution in [0.5, 0.6) is 0 Å². The van der Waals surface area contributed by atoms with E-state index in [9.17, 15) is 4.79 Å². The Hall–Kier alpha value is -2.36. The Balaban J connectivity index is 2.27. The summed E-state index contributed by atoms with van der Waals surface area (Å²) in [6, 6.07) is 9.57. The fraction of sp³-hybridized carbons (Fsp3) is 0.250. The summed E-state index contributed by atoms with van der Waals surface area (Å²) < 4.78 is 0. The molecule has 1 N–H and O–H groups in total. The Morgan fingerprint density at radius 2 is 1.95 bits per heavy atom. The molecule has 0 radical (unpaired) electrons. The summed E-state index contributed by atoms with van der Waals surface area (Å²) in [4.78, 5) is 18.4. The Bertz CT molecular complexity index is 620. The predicted molar refractivity (Wildman–Crippen MR) is 82.4 cm³/mol. The van der Waals surface area contributed by atoms with Crippen molar-refractivity contribution in [3.63, 3.8) is 0 Å². The fourth-order valence-corrected chi connectivity index (χ4v) is 2.08. The molecule has 0 aliphatic heterocycles. The van der Waals surface area contributed by atoms with Gasteiger partial charge in [0.2, 0.25) is 0 Å². The van der Waals surface area contributed by atoms with Crippen LogP contribution in [0.15, 0.2) is 36.5 Å². The fourth-order valence-electron chi connectivity index (χ4n) is 2.08. The molecule has 0 atom stereocenters. The summed E-state index contributed by atoms with van der Waals surface area (Å²) in [5.41, 5.74) is 3.63. The number of nitrogens with one attached hydrogen (secondary N) is 1. The zero-order valence-electron chi connectivity index (χ0n) is 12.3. The molecule has 0 aliphatic carbocycles. The molecule has 0 saturated carbocycles. The molecule has 0 unspecified atom stereocenters. The maximum atomic E-state index is 12.5. The molecule has 0 saturated heterocycles. The van der Waals surface area contributed by atoms with Gasteiger partial charge < -0.3 is 10.2 Å². The Morgan fingerprint density at radius 3 is 2.50 bits per heavy atom. The minimum Gasteiger partial charge on any atom is -0.373 e. The first-order valence-electron chi connectivity index (χ1n) is 6.52. The third-order valence-electron chi connectivity index (χ3n) is 3.31. The van der Waals surface area contributed by atoms with Crippen molar-refractivity contribution in [3.05, 3.63) is 53.2 Å². The van der Waals surface area contributed by atoms with Gasteiger partial charge in [0, 0.05) is 19.7 Å². The minimum atomic E-state index is -0.0264. The summed E-state index contributed by atoms with van der Waals surface area (Å²) in [5, 5.41) is 2.95. The minimum absolute atomic E-state index is 0.0264. The van der Waals surface area contributed by atoms with Crippen LogP contribution in [0, 0.1) is 13.8 Å². The van der Waals surface area contributed by atoms with E-state index in [0.717, 1.165) is 28.2 Å². The molecule has 4 nitrogen and oxygen atoms in total. The zero-order valence-corrected chi connectivity index (χ0v) is 12.3. The molecule has 0 spiro atoms. The molecular formula is C16H19N3O. The van der Waals surface area contributed by atoms with Crippen LogP contribution < -0.4 is 10.2 Å². The molecule has 0 fully saturated rings. The number of amides is 1. The van der Waals surface area contributed by atoms with Gasteiger partial charge in [-0.2, -0.15) is 0 Å². The molecule has 1 heterocycles. The highest BCUT2D eigenvalue weighted by Gasteiger charge is 2.15. The number of carbonyl (C=O) groups is 1. The Labute approximate surface area is 119 Å². The van der Waals surface area contributed by atoms with E-state index in [2.05, 4.69) is 10.3 Å². The lowest BCUT2D eigenvalue weighted by molar-refractivity contribution is 0.0992. The van der Waals surface area contributed by atoms with Crippen LogP contribution in [0.3, 0.4) is 0 Å². The van der Waals surface area contributed by atoms with E-state index < -0.39 is 0 Å². The van der Waals surface area contributed by atoms with Crippen LogP contribution in [-0.4, -0.2) is 25.0 Å². The molecule has 1 aromatic heterocycles. The van der Waals surface area contributed by atoms with Crippen molar-refractivity contribution in [2.24, 2.45) is 0 Å². The van der Waals surface area contributed by atoms with E-state index in [1.165, 1.54) is 0 Å². The normalized spacial score (nSPS) is 10.2. The average molecular weight is 269 g/mol. The van der Waals surface area contributed by atoms with Crippen molar-refractivity contribution < 1.29 is 4.79 Å². The van der Waals surface area contributed by atoms with Gasteiger partial charge >= 0.3 is 0 Å². The second kappa shape index (κ2) is 5.74. The van der Waals surface area contributed by atoms with Gasteiger partial charge in [-0.15, -0.1) is 0 Å². The SMILES string of the molecule is CNc1ccc(N(C)C(=O)c2ccc(C)cc2C)cn1. The second-order valence-corrected chi connectivity index (χ2v) is 4.83. The van der Waals surface area contributed by atoms with Gasteiger partial charge in [0.25, 0.3) is 5.91 Å². The highest BCUT2D eigenvalue weighted by molar-refractivity contribution is 6.06. The topological polar surface area (TPSA) is 45.2 Å². The highest BCUT2D eigenvalue weighted by Crippen LogP contribution is 2.18. The summed E-state index contributed by atoms with van der Waals surface area (Å²) in [6.45, 7) is 3.97. The van der Waals surface area contributed by atoms with Crippen molar-refractivity contribution in [1.29, 1.82) is 0 Å². The van der Waals surface area contributed by atoms with Gasteiger partial charge in [-0.1, -0.05) is 17.7 Å². The lowest BCUT2D eigenvalue weighted by Gasteiger charge is -2.18. The highest BCUT2D eigenvalue weighted by atomic mass is 16.2. The van der Waals surface area contributed by atoms with E-state index in [0.29, 0.717) is 0 Å². The van der Waals surface area contributed by atoms with E-state index >= 15 is 0 Å². The van der Waals surface area contributed by atoms with Gasteiger partial charge in [0.05, 0.1) is 11.9 Å². The first kappa shape index (κ1) is 14.1. The molecule has 1 aromatic carbocycles. The van der Waals surface area contributed by atoms with Crippen molar-refractivity contribution in [2.45, 2.75) is 13.8 Å². The number of rotatable bonds is 3. The Kier molecular flexibility index (Phi) is 4.03. The summed E-state index contributed by atoms with van der Waals surface area (Å²) in [6.07, 6.45) is 1.69. The maximum Gasteiger partial charge on any atom is 0.258 e. The average Bonchev–Trinajstić information content (AvgIpc) is 2.46. The van der Waals surface area contributed by atoms with Crippen molar-refractivity contribution >= 4 is 17.4 Å². The molecule has 2 aromatic rings. The number of pyridine rings is 1. The monoisotopic (exact) mass is 269 g/mol. The maximum absolute atomic E-state index is 12.5. The summed E-state index contributed by atoms with van der Waals surface area (Å²) >= 11 is 0. The summed E-state index contributed by atoms with van der Waals surface area (Å²) in [7, 11) is 3.57.